The molecule has 0 spiro atoms. The van der Waals surface area contributed by atoms with Crippen molar-refractivity contribution in [3.8, 4) is 0 Å². The van der Waals surface area contributed by atoms with Crippen molar-refractivity contribution >= 4 is 0 Å². The third-order valence-corrected chi connectivity index (χ3v) is 2.94. The Bertz CT molecular complexity index is 493. The van der Waals surface area contributed by atoms with Crippen molar-refractivity contribution < 1.29 is 4.39 Å². The molecule has 1 unspecified atom stereocenters. The Morgan fingerprint density at radius 2 is 2.12 bits per heavy atom. The fraction of sp³-hybridized carbons (Fsp3) is 0.308. The third-order valence-electron chi connectivity index (χ3n) is 2.94. The molecule has 2 rings (SSSR count). The first-order chi connectivity index (χ1) is 8.18. The molecule has 0 bridgehead atoms. The largest absolute Gasteiger partial charge is 0.324 e. The van der Waals surface area contributed by atoms with Gasteiger partial charge in [0.15, 0.2) is 0 Å². The monoisotopic (exact) mass is 233 g/mol. The van der Waals surface area contributed by atoms with Gasteiger partial charge in [0, 0.05) is 30.5 Å². The maximum absolute atomic E-state index is 13.5. The van der Waals surface area contributed by atoms with E-state index in [4.69, 9.17) is 5.73 Å². The summed E-state index contributed by atoms with van der Waals surface area (Å²) in [6.45, 7) is 0. The summed E-state index contributed by atoms with van der Waals surface area (Å²) >= 11 is 0. The van der Waals surface area contributed by atoms with Crippen LogP contribution in [0.25, 0.3) is 0 Å². The molecule has 1 aromatic heterocycles. The minimum atomic E-state index is -0.272. The third kappa shape index (κ3) is 2.71. The molecule has 17 heavy (non-hydrogen) atoms. The van der Waals surface area contributed by atoms with Crippen LogP contribution in [0.15, 0.2) is 36.5 Å². The van der Waals surface area contributed by atoms with Gasteiger partial charge in [-0.15, -0.1) is 0 Å². The SMILES string of the molecule is Cn1nccc1CCC(N)c1ccccc1F. The molecule has 0 saturated heterocycles. The molecule has 3 nitrogen and oxygen atoms in total. The Morgan fingerprint density at radius 3 is 2.76 bits per heavy atom. The molecule has 0 aliphatic carbocycles. The second kappa shape index (κ2) is 5.10. The highest BCUT2D eigenvalue weighted by Crippen LogP contribution is 2.19. The molecule has 0 saturated carbocycles. The fourth-order valence-electron chi connectivity index (χ4n) is 1.88. The van der Waals surface area contributed by atoms with E-state index in [1.54, 1.807) is 18.3 Å². The number of nitrogens with two attached hydrogens (primary N) is 1. The molecule has 2 N–H and O–H groups in total. The predicted octanol–water partition coefficient (Wildman–Crippen LogP) is 2.19. The van der Waals surface area contributed by atoms with Gasteiger partial charge >= 0.3 is 0 Å². The predicted molar refractivity (Wildman–Crippen MR) is 64.9 cm³/mol. The van der Waals surface area contributed by atoms with Gasteiger partial charge in [0.05, 0.1) is 0 Å². The van der Waals surface area contributed by atoms with Crippen LogP contribution in [0.5, 0.6) is 0 Å². The number of nitrogens with zero attached hydrogens (tertiary/aromatic N) is 2. The van der Waals surface area contributed by atoms with Crippen LogP contribution in [-0.2, 0) is 13.5 Å². The second-order valence-electron chi connectivity index (χ2n) is 4.11. The first kappa shape index (κ1) is 11.8. The molecule has 2 aromatic rings. The van der Waals surface area contributed by atoms with E-state index < -0.39 is 0 Å². The van der Waals surface area contributed by atoms with Crippen LogP contribution in [0.4, 0.5) is 4.39 Å². The van der Waals surface area contributed by atoms with Crippen LogP contribution in [0.2, 0.25) is 0 Å². The lowest BCUT2D eigenvalue weighted by Crippen LogP contribution is -2.13. The number of rotatable bonds is 4. The summed E-state index contributed by atoms with van der Waals surface area (Å²) in [5.74, 6) is -0.231. The average molecular weight is 233 g/mol. The van der Waals surface area contributed by atoms with Crippen molar-refractivity contribution in [2.24, 2.45) is 12.8 Å². The van der Waals surface area contributed by atoms with E-state index >= 15 is 0 Å². The van der Waals surface area contributed by atoms with E-state index in [9.17, 15) is 4.39 Å². The van der Waals surface area contributed by atoms with Gasteiger partial charge < -0.3 is 5.73 Å². The van der Waals surface area contributed by atoms with Crippen molar-refractivity contribution in [2.75, 3.05) is 0 Å². The van der Waals surface area contributed by atoms with Crippen LogP contribution < -0.4 is 5.73 Å². The summed E-state index contributed by atoms with van der Waals surface area (Å²) < 4.78 is 15.3. The Hall–Kier alpha value is -1.68. The van der Waals surface area contributed by atoms with Gasteiger partial charge in [-0.05, 0) is 25.0 Å². The summed E-state index contributed by atoms with van der Waals surface area (Å²) in [6, 6.07) is 8.34. The summed E-state index contributed by atoms with van der Waals surface area (Å²) in [6.07, 6.45) is 3.26. The van der Waals surface area contributed by atoms with E-state index in [2.05, 4.69) is 5.10 Å². The van der Waals surface area contributed by atoms with Crippen LogP contribution in [0, 0.1) is 5.82 Å². The van der Waals surface area contributed by atoms with Crippen LogP contribution in [0.1, 0.15) is 23.7 Å². The summed E-state index contributed by atoms with van der Waals surface area (Å²) in [7, 11) is 1.89. The molecule has 0 radical (unpaired) electrons. The van der Waals surface area contributed by atoms with Crippen molar-refractivity contribution in [2.45, 2.75) is 18.9 Å². The normalized spacial score (nSPS) is 12.6. The second-order valence-corrected chi connectivity index (χ2v) is 4.11. The highest BCUT2D eigenvalue weighted by Gasteiger charge is 2.11. The zero-order chi connectivity index (χ0) is 12.3. The number of aromatic nitrogens is 2. The average Bonchev–Trinajstić information content (AvgIpc) is 2.72. The van der Waals surface area contributed by atoms with Crippen LogP contribution in [-0.4, -0.2) is 9.78 Å². The van der Waals surface area contributed by atoms with E-state index in [0.717, 1.165) is 12.1 Å². The first-order valence-corrected chi connectivity index (χ1v) is 5.65. The van der Waals surface area contributed by atoms with Crippen LogP contribution in [0.3, 0.4) is 0 Å². The standard InChI is InChI=1S/C13H16FN3/c1-17-10(8-9-16-17)6-7-13(15)11-4-2-3-5-12(11)14/h2-5,8-9,13H,6-7,15H2,1H3. The minimum absolute atomic E-state index is 0.231. The number of aryl methyl sites for hydroxylation is 2. The highest BCUT2D eigenvalue weighted by molar-refractivity contribution is 5.21. The summed E-state index contributed by atoms with van der Waals surface area (Å²) in [5, 5.41) is 4.09. The number of halogens is 1. The molecule has 4 heteroatoms. The molecule has 0 amide bonds. The van der Waals surface area contributed by atoms with Gasteiger partial charge in [0.2, 0.25) is 0 Å². The number of hydrogen-bond donors (Lipinski definition) is 1. The number of benzene rings is 1. The summed E-state index contributed by atoms with van der Waals surface area (Å²) in [5.41, 5.74) is 7.68. The smallest absolute Gasteiger partial charge is 0.127 e. The molecule has 0 aliphatic rings. The molecule has 0 aliphatic heterocycles. The Kier molecular flexibility index (Phi) is 3.54. The lowest BCUT2D eigenvalue weighted by atomic mass is 10.0. The van der Waals surface area contributed by atoms with E-state index in [1.165, 1.54) is 6.07 Å². The Balaban J connectivity index is 2.01. The van der Waals surface area contributed by atoms with Gasteiger partial charge in [-0.25, -0.2) is 4.39 Å². The molecule has 1 aromatic carbocycles. The lowest BCUT2D eigenvalue weighted by molar-refractivity contribution is 0.555. The molecule has 1 heterocycles. The maximum Gasteiger partial charge on any atom is 0.127 e. The van der Waals surface area contributed by atoms with Crippen LogP contribution >= 0.6 is 0 Å². The first-order valence-electron chi connectivity index (χ1n) is 5.65. The quantitative estimate of drug-likeness (QED) is 0.879. The molecular weight excluding hydrogens is 217 g/mol. The fourth-order valence-corrected chi connectivity index (χ4v) is 1.88. The Labute approximate surface area is 100 Å². The Morgan fingerprint density at radius 1 is 1.35 bits per heavy atom. The van der Waals surface area contributed by atoms with E-state index in [-0.39, 0.29) is 11.9 Å². The van der Waals surface area contributed by atoms with Crippen molar-refractivity contribution in [1.29, 1.82) is 0 Å². The number of hydrogen-bond acceptors (Lipinski definition) is 2. The van der Waals surface area contributed by atoms with Gasteiger partial charge in [0.25, 0.3) is 0 Å². The minimum Gasteiger partial charge on any atom is -0.324 e. The zero-order valence-electron chi connectivity index (χ0n) is 9.81. The maximum atomic E-state index is 13.5. The van der Waals surface area contributed by atoms with Crippen molar-refractivity contribution in [1.82, 2.24) is 9.78 Å². The van der Waals surface area contributed by atoms with Gasteiger partial charge in [-0.3, -0.25) is 4.68 Å². The summed E-state index contributed by atoms with van der Waals surface area (Å²) in [4.78, 5) is 0. The van der Waals surface area contributed by atoms with E-state index in [1.807, 2.05) is 23.9 Å². The highest BCUT2D eigenvalue weighted by atomic mass is 19.1. The van der Waals surface area contributed by atoms with Crippen molar-refractivity contribution in [3.05, 3.63) is 53.6 Å². The van der Waals surface area contributed by atoms with E-state index in [0.29, 0.717) is 12.0 Å². The molecular formula is C13H16FN3. The topological polar surface area (TPSA) is 43.8 Å². The van der Waals surface area contributed by atoms with Gasteiger partial charge in [0.1, 0.15) is 5.82 Å². The molecule has 0 fully saturated rings. The zero-order valence-corrected chi connectivity index (χ0v) is 9.81. The lowest BCUT2D eigenvalue weighted by Gasteiger charge is -2.12. The van der Waals surface area contributed by atoms with Gasteiger partial charge in [-0.2, -0.15) is 5.10 Å². The molecule has 1 atom stereocenters. The molecule has 90 valence electrons. The van der Waals surface area contributed by atoms with Crippen molar-refractivity contribution in [3.63, 3.8) is 0 Å². The van der Waals surface area contributed by atoms with Gasteiger partial charge in [-0.1, -0.05) is 18.2 Å².